The van der Waals surface area contributed by atoms with Gasteiger partial charge in [0.05, 0.1) is 24.1 Å². The Labute approximate surface area is 245 Å². The molecule has 1 aromatic carbocycles. The summed E-state index contributed by atoms with van der Waals surface area (Å²) in [5.41, 5.74) is -0.158. The lowest BCUT2D eigenvalue weighted by Gasteiger charge is -2.37. The number of likely N-dealkylation sites (tertiary alicyclic amines) is 1. The Bertz CT molecular complexity index is 1250. The number of halogens is 3. The number of piperidine rings is 1. The molecular weight excluding hydrogens is 549 g/mol. The van der Waals surface area contributed by atoms with E-state index in [1.807, 2.05) is 0 Å². The van der Waals surface area contributed by atoms with E-state index >= 15 is 0 Å². The third-order valence-electron chi connectivity index (χ3n) is 8.57. The van der Waals surface area contributed by atoms with Crippen molar-refractivity contribution >= 4 is 23.5 Å². The number of anilines is 2. The second-order valence-electron chi connectivity index (χ2n) is 11.2. The van der Waals surface area contributed by atoms with Gasteiger partial charge in [0.1, 0.15) is 5.75 Å². The Balaban J connectivity index is 1.52. The number of hydrogen-bond acceptors (Lipinski definition) is 7. The SMILES string of the molecule is CCN1CCC(NC(=O)c2ccc(Nc3ncc(C(F)(F)F)c(C[C@@H]4CCCC[C@H]4N(C)C(C)=O)n3)c(OC)c2)CC1. The van der Waals surface area contributed by atoms with Crippen LogP contribution in [0.15, 0.2) is 24.4 Å². The first kappa shape index (κ1) is 31.5. The summed E-state index contributed by atoms with van der Waals surface area (Å²) in [4.78, 5) is 37.2. The van der Waals surface area contributed by atoms with E-state index in [0.29, 0.717) is 23.4 Å². The van der Waals surface area contributed by atoms with Crippen molar-refractivity contribution in [2.45, 2.75) is 77.1 Å². The van der Waals surface area contributed by atoms with Gasteiger partial charge in [-0.3, -0.25) is 9.59 Å². The van der Waals surface area contributed by atoms with Gasteiger partial charge in [0, 0.05) is 50.9 Å². The molecule has 2 atom stereocenters. The summed E-state index contributed by atoms with van der Waals surface area (Å²) < 4.78 is 47.4. The number of carbonyl (C=O) groups excluding carboxylic acids is 2. The summed E-state index contributed by atoms with van der Waals surface area (Å²) in [6.07, 6.45) is 1.29. The molecule has 4 rings (SSSR count). The largest absolute Gasteiger partial charge is 0.495 e. The van der Waals surface area contributed by atoms with E-state index in [2.05, 4.69) is 32.4 Å². The van der Waals surface area contributed by atoms with E-state index in [-0.39, 0.29) is 47.9 Å². The molecule has 12 heteroatoms. The van der Waals surface area contributed by atoms with Crippen LogP contribution in [0.25, 0.3) is 0 Å². The highest BCUT2D eigenvalue weighted by Gasteiger charge is 2.38. The summed E-state index contributed by atoms with van der Waals surface area (Å²) in [6, 6.07) is 4.81. The molecule has 2 amide bonds. The molecule has 0 spiro atoms. The van der Waals surface area contributed by atoms with Crippen molar-refractivity contribution < 1.29 is 27.5 Å². The van der Waals surface area contributed by atoms with Crippen molar-refractivity contribution in [2.24, 2.45) is 5.92 Å². The summed E-state index contributed by atoms with van der Waals surface area (Å²) in [5.74, 6) is -0.148. The van der Waals surface area contributed by atoms with Crippen molar-refractivity contribution in [2.75, 3.05) is 39.1 Å². The van der Waals surface area contributed by atoms with E-state index in [1.54, 1.807) is 30.1 Å². The van der Waals surface area contributed by atoms with E-state index in [9.17, 15) is 22.8 Å². The predicted molar refractivity (Wildman–Crippen MR) is 154 cm³/mol. The number of alkyl halides is 3. The van der Waals surface area contributed by atoms with Gasteiger partial charge >= 0.3 is 6.18 Å². The number of methoxy groups -OCH3 is 1. The van der Waals surface area contributed by atoms with Gasteiger partial charge in [-0.05, 0) is 62.8 Å². The van der Waals surface area contributed by atoms with E-state index < -0.39 is 11.7 Å². The second kappa shape index (κ2) is 13.7. The first-order valence-corrected chi connectivity index (χ1v) is 14.6. The Kier molecular flexibility index (Phi) is 10.3. The monoisotopic (exact) mass is 590 g/mol. The van der Waals surface area contributed by atoms with E-state index in [1.165, 1.54) is 14.0 Å². The molecule has 230 valence electrons. The molecule has 2 aliphatic rings. The first-order valence-electron chi connectivity index (χ1n) is 14.6. The van der Waals surface area contributed by atoms with Crippen molar-refractivity contribution in [3.63, 3.8) is 0 Å². The molecule has 2 N–H and O–H groups in total. The van der Waals surface area contributed by atoms with Gasteiger partial charge < -0.3 is 25.2 Å². The lowest BCUT2D eigenvalue weighted by atomic mass is 9.80. The van der Waals surface area contributed by atoms with Crippen LogP contribution in [0.3, 0.4) is 0 Å². The maximum absolute atomic E-state index is 14.0. The third kappa shape index (κ3) is 7.70. The molecule has 2 aromatic rings. The van der Waals surface area contributed by atoms with Gasteiger partial charge in [-0.15, -0.1) is 0 Å². The zero-order valence-electron chi connectivity index (χ0n) is 24.8. The second-order valence-corrected chi connectivity index (χ2v) is 11.2. The molecule has 1 aliphatic heterocycles. The van der Waals surface area contributed by atoms with Gasteiger partial charge in [-0.2, -0.15) is 13.2 Å². The van der Waals surface area contributed by atoms with Crippen molar-refractivity contribution in [3.8, 4) is 5.75 Å². The summed E-state index contributed by atoms with van der Waals surface area (Å²) >= 11 is 0. The van der Waals surface area contributed by atoms with Gasteiger partial charge in [0.2, 0.25) is 11.9 Å². The Morgan fingerprint density at radius 3 is 2.50 bits per heavy atom. The van der Waals surface area contributed by atoms with Crippen LogP contribution < -0.4 is 15.4 Å². The van der Waals surface area contributed by atoms with Gasteiger partial charge in [-0.25, -0.2) is 9.97 Å². The molecule has 0 radical (unpaired) electrons. The van der Waals surface area contributed by atoms with Crippen LogP contribution in [0.4, 0.5) is 24.8 Å². The molecule has 1 saturated heterocycles. The van der Waals surface area contributed by atoms with Gasteiger partial charge in [0.15, 0.2) is 0 Å². The number of rotatable bonds is 9. The van der Waals surface area contributed by atoms with Crippen LogP contribution in [-0.2, 0) is 17.4 Å². The van der Waals surface area contributed by atoms with E-state index in [0.717, 1.165) is 57.9 Å². The maximum atomic E-state index is 14.0. The first-order chi connectivity index (χ1) is 20.0. The molecule has 42 heavy (non-hydrogen) atoms. The fourth-order valence-electron chi connectivity index (χ4n) is 6.01. The standard InChI is InChI=1S/C30H41F3N6O3/c1-5-39-14-12-22(13-15-39)35-28(41)21-10-11-24(27(17-21)42-4)36-29-34-18-23(30(31,32)33)25(37-29)16-20-8-6-7-9-26(20)38(3)19(2)40/h10-11,17-18,20,22,26H,5-9,12-16H2,1-4H3,(H,35,41)(H,34,36,37)/t20-,26+/m0/s1. The molecule has 2 fully saturated rings. The number of nitrogens with zero attached hydrogens (tertiary/aromatic N) is 4. The number of carbonyl (C=O) groups is 2. The fraction of sp³-hybridized carbons (Fsp3) is 0.600. The summed E-state index contributed by atoms with van der Waals surface area (Å²) in [6.45, 7) is 6.47. The lowest BCUT2D eigenvalue weighted by molar-refractivity contribution is -0.139. The Hall–Kier alpha value is -3.41. The normalized spacial score (nSPS) is 20.2. The van der Waals surface area contributed by atoms with Gasteiger partial charge in [-0.1, -0.05) is 19.8 Å². The summed E-state index contributed by atoms with van der Waals surface area (Å²) in [5, 5.41) is 6.06. The molecule has 2 heterocycles. The average molecular weight is 591 g/mol. The number of benzene rings is 1. The summed E-state index contributed by atoms with van der Waals surface area (Å²) in [7, 11) is 3.16. The number of nitrogens with one attached hydrogen (secondary N) is 2. The highest BCUT2D eigenvalue weighted by molar-refractivity contribution is 5.95. The molecule has 9 nitrogen and oxygen atoms in total. The minimum absolute atomic E-state index is 0.0107. The maximum Gasteiger partial charge on any atom is 0.419 e. The highest BCUT2D eigenvalue weighted by Crippen LogP contribution is 2.37. The van der Waals surface area contributed by atoms with Crippen LogP contribution in [0.1, 0.15) is 74.0 Å². The lowest BCUT2D eigenvalue weighted by Crippen LogP contribution is -2.44. The van der Waals surface area contributed by atoms with Crippen LogP contribution in [0.5, 0.6) is 5.75 Å². The fourth-order valence-corrected chi connectivity index (χ4v) is 6.01. The topological polar surface area (TPSA) is 99.7 Å². The molecule has 1 aromatic heterocycles. The molecule has 1 saturated carbocycles. The van der Waals surface area contributed by atoms with Crippen LogP contribution >= 0.6 is 0 Å². The smallest absolute Gasteiger partial charge is 0.419 e. The van der Waals surface area contributed by atoms with Gasteiger partial charge in [0.25, 0.3) is 5.91 Å². The average Bonchev–Trinajstić information content (AvgIpc) is 2.97. The third-order valence-corrected chi connectivity index (χ3v) is 8.57. The minimum atomic E-state index is -4.62. The zero-order chi connectivity index (χ0) is 30.4. The van der Waals surface area contributed by atoms with Crippen LogP contribution in [0, 0.1) is 5.92 Å². The quantitative estimate of drug-likeness (QED) is 0.422. The predicted octanol–water partition coefficient (Wildman–Crippen LogP) is 5.04. The molecule has 0 bridgehead atoms. The number of hydrogen-bond donors (Lipinski definition) is 2. The van der Waals surface area contributed by atoms with E-state index in [4.69, 9.17) is 4.74 Å². The number of amides is 2. The Morgan fingerprint density at radius 2 is 1.86 bits per heavy atom. The van der Waals surface area contributed by atoms with Crippen molar-refractivity contribution in [1.29, 1.82) is 0 Å². The molecular formula is C30H41F3N6O3. The van der Waals surface area contributed by atoms with Crippen LogP contribution in [-0.4, -0.2) is 77.5 Å². The zero-order valence-corrected chi connectivity index (χ0v) is 24.8. The van der Waals surface area contributed by atoms with Crippen molar-refractivity contribution in [1.82, 2.24) is 25.1 Å². The Morgan fingerprint density at radius 1 is 1.14 bits per heavy atom. The molecule has 0 unspecified atom stereocenters. The number of ether oxygens (including phenoxy) is 1. The molecule has 1 aliphatic carbocycles. The van der Waals surface area contributed by atoms with Crippen LogP contribution in [0.2, 0.25) is 0 Å². The minimum Gasteiger partial charge on any atom is -0.495 e. The van der Waals surface area contributed by atoms with Crippen molar-refractivity contribution in [3.05, 3.63) is 41.2 Å². The number of aromatic nitrogens is 2. The highest BCUT2D eigenvalue weighted by atomic mass is 19.4.